The molecule has 0 bridgehead atoms. The first-order chi connectivity index (χ1) is 23.8. The first kappa shape index (κ1) is 36.6. The summed E-state index contributed by atoms with van der Waals surface area (Å²) in [6, 6.07) is 4.60. The molecule has 1 aliphatic heterocycles. The second-order valence-corrected chi connectivity index (χ2v) is 14.8. The van der Waals surface area contributed by atoms with Crippen LogP contribution < -0.4 is 25.4 Å². The summed E-state index contributed by atoms with van der Waals surface area (Å²) in [5, 5.41) is 9.06. The Hall–Kier alpha value is -4.66. The van der Waals surface area contributed by atoms with Crippen LogP contribution in [0.2, 0.25) is 0 Å². The number of methoxy groups -OCH3 is 2. The van der Waals surface area contributed by atoms with Gasteiger partial charge in [0.2, 0.25) is 0 Å². The molecule has 0 saturated heterocycles. The third kappa shape index (κ3) is 8.73. The van der Waals surface area contributed by atoms with Crippen LogP contribution in [0.5, 0.6) is 11.5 Å². The minimum atomic E-state index is -0.675. The lowest BCUT2D eigenvalue weighted by molar-refractivity contribution is 0.0488. The molecular weight excluding hydrogens is 667 g/mol. The van der Waals surface area contributed by atoms with Gasteiger partial charge < -0.3 is 34.5 Å². The number of hydrogen-bond acceptors (Lipinski definition) is 11. The van der Waals surface area contributed by atoms with E-state index >= 15 is 4.39 Å². The third-order valence-corrected chi connectivity index (χ3v) is 9.15. The Morgan fingerprint density at radius 1 is 1.10 bits per heavy atom. The fourth-order valence-corrected chi connectivity index (χ4v) is 6.72. The number of fused-ring (bicyclic) bond motifs is 1. The number of nitrogens with zero attached hydrogens (tertiary/aromatic N) is 3. The van der Waals surface area contributed by atoms with Gasteiger partial charge >= 0.3 is 12.2 Å². The van der Waals surface area contributed by atoms with Crippen molar-refractivity contribution in [3.05, 3.63) is 46.9 Å². The van der Waals surface area contributed by atoms with Gasteiger partial charge in [0, 0.05) is 36.0 Å². The zero-order valence-corrected chi connectivity index (χ0v) is 30.3. The van der Waals surface area contributed by atoms with Crippen LogP contribution in [0.4, 0.5) is 24.9 Å². The highest BCUT2D eigenvalue weighted by Crippen LogP contribution is 2.40. The fourth-order valence-electron chi connectivity index (χ4n) is 5.92. The van der Waals surface area contributed by atoms with Gasteiger partial charge in [-0.3, -0.25) is 10.1 Å². The van der Waals surface area contributed by atoms with Crippen LogP contribution in [-0.4, -0.2) is 71.5 Å². The van der Waals surface area contributed by atoms with Gasteiger partial charge in [-0.15, -0.1) is 0 Å². The highest BCUT2D eigenvalue weighted by Gasteiger charge is 2.38. The van der Waals surface area contributed by atoms with Gasteiger partial charge in [-0.05, 0) is 51.7 Å². The van der Waals surface area contributed by atoms with Crippen molar-refractivity contribution in [1.29, 1.82) is 0 Å². The van der Waals surface area contributed by atoms with E-state index in [0.717, 1.165) is 24.2 Å². The molecule has 1 fully saturated rings. The van der Waals surface area contributed by atoms with E-state index in [1.165, 1.54) is 18.2 Å². The van der Waals surface area contributed by atoms with Crippen molar-refractivity contribution in [2.24, 2.45) is 5.92 Å². The maximum atomic E-state index is 16.6. The molecule has 3 N–H and O–H groups in total. The summed E-state index contributed by atoms with van der Waals surface area (Å²) in [6.07, 6.45) is 3.37. The number of thiazole rings is 1. The zero-order chi connectivity index (χ0) is 36.2. The topological polar surface area (TPSA) is 153 Å². The second-order valence-electron chi connectivity index (χ2n) is 13.8. The standard InChI is InChI=1S/C35H45FN6O7S/c1-19(2)18-48-33(44)41-32-37-15-26(50-32)29-27-22(17-42(31(27)43)16-20-12-13-21(46-6)14-25(20)47-7)28(36)30(40-29)38-23-10-8-9-11-24(23)39-34(45)49-35(3,4)5/h12-15,19,23-24H,8-11,16-18H2,1-7H3,(H,38,40)(H,39,45)(H,37,41,44)/t23-,24+/m1/s1. The molecule has 2 aliphatic rings. The number of aromatic nitrogens is 2. The number of benzene rings is 1. The molecule has 5 rings (SSSR count). The highest BCUT2D eigenvalue weighted by molar-refractivity contribution is 7.19. The maximum absolute atomic E-state index is 16.6. The van der Waals surface area contributed by atoms with Crippen LogP contribution in [0.25, 0.3) is 10.6 Å². The molecule has 0 radical (unpaired) electrons. The Kier molecular flexibility index (Phi) is 11.3. The molecular formula is C35H45FN6O7S. The largest absolute Gasteiger partial charge is 0.497 e. The van der Waals surface area contributed by atoms with Crippen molar-refractivity contribution >= 4 is 40.4 Å². The number of pyridine rings is 1. The number of ether oxygens (including phenoxy) is 4. The van der Waals surface area contributed by atoms with Gasteiger partial charge in [-0.1, -0.05) is 38.0 Å². The molecule has 50 heavy (non-hydrogen) atoms. The Morgan fingerprint density at radius 3 is 2.52 bits per heavy atom. The molecule has 270 valence electrons. The lowest BCUT2D eigenvalue weighted by Crippen LogP contribution is -2.50. The van der Waals surface area contributed by atoms with Crippen LogP contribution in [0.1, 0.15) is 81.8 Å². The summed E-state index contributed by atoms with van der Waals surface area (Å²) in [6.45, 7) is 9.58. The Balaban J connectivity index is 1.48. The maximum Gasteiger partial charge on any atom is 0.413 e. The van der Waals surface area contributed by atoms with E-state index in [-0.39, 0.29) is 65.5 Å². The van der Waals surface area contributed by atoms with Crippen LogP contribution in [-0.2, 0) is 22.6 Å². The summed E-state index contributed by atoms with van der Waals surface area (Å²) in [5.74, 6) is 0.171. The van der Waals surface area contributed by atoms with E-state index in [9.17, 15) is 14.4 Å². The van der Waals surface area contributed by atoms with Crippen LogP contribution in [0.15, 0.2) is 24.4 Å². The van der Waals surface area contributed by atoms with Gasteiger partial charge in [0.1, 0.15) is 17.1 Å². The van der Waals surface area contributed by atoms with Gasteiger partial charge in [0.05, 0.1) is 49.5 Å². The van der Waals surface area contributed by atoms with Crippen molar-refractivity contribution in [3.8, 4) is 22.1 Å². The Morgan fingerprint density at radius 2 is 1.84 bits per heavy atom. The van der Waals surface area contributed by atoms with Crippen molar-refractivity contribution in [2.75, 3.05) is 31.5 Å². The molecule has 15 heteroatoms. The summed E-state index contributed by atoms with van der Waals surface area (Å²) < 4.78 is 38.1. The van der Waals surface area contributed by atoms with E-state index in [0.29, 0.717) is 34.8 Å². The number of amides is 3. The number of alkyl carbamates (subject to hydrolysis) is 1. The molecule has 3 aromatic rings. The molecule has 0 unspecified atom stereocenters. The molecule has 3 heterocycles. The average molecular weight is 713 g/mol. The summed E-state index contributed by atoms with van der Waals surface area (Å²) in [4.78, 5) is 50.1. The van der Waals surface area contributed by atoms with E-state index in [1.807, 2.05) is 13.8 Å². The minimum Gasteiger partial charge on any atom is -0.497 e. The quantitative estimate of drug-likeness (QED) is 0.190. The lowest BCUT2D eigenvalue weighted by Gasteiger charge is -2.34. The summed E-state index contributed by atoms with van der Waals surface area (Å²) >= 11 is 1.09. The molecule has 2 aromatic heterocycles. The molecule has 2 atom stereocenters. The molecule has 1 aromatic carbocycles. The number of nitrogens with one attached hydrogen (secondary N) is 3. The monoisotopic (exact) mass is 712 g/mol. The number of carbonyl (C=O) groups is 3. The predicted octanol–water partition coefficient (Wildman–Crippen LogP) is 6.97. The summed E-state index contributed by atoms with van der Waals surface area (Å²) in [5.41, 5.74) is 0.565. The minimum absolute atomic E-state index is 0.0188. The predicted molar refractivity (Wildman–Crippen MR) is 187 cm³/mol. The second kappa shape index (κ2) is 15.5. The van der Waals surface area contributed by atoms with E-state index in [2.05, 4.69) is 25.9 Å². The van der Waals surface area contributed by atoms with Gasteiger partial charge in [-0.2, -0.15) is 0 Å². The highest BCUT2D eigenvalue weighted by atomic mass is 32.1. The first-order valence-corrected chi connectivity index (χ1v) is 17.5. The van der Waals surface area contributed by atoms with Crippen LogP contribution in [0, 0.1) is 11.7 Å². The van der Waals surface area contributed by atoms with Crippen molar-refractivity contribution < 1.29 is 37.7 Å². The molecule has 1 saturated carbocycles. The molecule has 3 amide bonds. The normalized spacial score (nSPS) is 17.3. The average Bonchev–Trinajstić information content (AvgIpc) is 3.65. The molecule has 0 spiro atoms. The van der Waals surface area contributed by atoms with Gasteiger partial charge in [-0.25, -0.2) is 23.9 Å². The zero-order valence-electron chi connectivity index (χ0n) is 29.5. The van der Waals surface area contributed by atoms with Crippen LogP contribution in [0.3, 0.4) is 0 Å². The van der Waals surface area contributed by atoms with Gasteiger partial charge in [0.25, 0.3) is 5.91 Å². The fraction of sp³-hybridized carbons (Fsp3) is 0.514. The third-order valence-electron chi connectivity index (χ3n) is 8.23. The number of rotatable bonds is 11. The Labute approximate surface area is 295 Å². The van der Waals surface area contributed by atoms with E-state index in [4.69, 9.17) is 18.9 Å². The van der Waals surface area contributed by atoms with E-state index < -0.39 is 29.5 Å². The van der Waals surface area contributed by atoms with Crippen molar-refractivity contribution in [2.45, 2.75) is 91.1 Å². The number of hydrogen-bond donors (Lipinski definition) is 3. The smallest absolute Gasteiger partial charge is 0.413 e. The van der Waals surface area contributed by atoms with Crippen molar-refractivity contribution in [1.82, 2.24) is 20.2 Å². The number of anilines is 2. The summed E-state index contributed by atoms with van der Waals surface area (Å²) in [7, 11) is 3.08. The SMILES string of the molecule is COc1ccc(CN2Cc3c(F)c(N[C@@H]4CCCC[C@@H]4NC(=O)OC(C)(C)C)nc(-c4cnc(NC(=O)OCC(C)C)s4)c3C2=O)c(OC)c1. The van der Waals surface area contributed by atoms with E-state index in [1.54, 1.807) is 46.1 Å². The van der Waals surface area contributed by atoms with Crippen LogP contribution >= 0.6 is 11.3 Å². The molecule has 13 nitrogen and oxygen atoms in total. The lowest BCUT2D eigenvalue weighted by atomic mass is 9.90. The number of halogens is 1. The Bertz CT molecular complexity index is 1730. The number of carbonyl (C=O) groups excluding carboxylic acids is 3. The molecule has 1 aliphatic carbocycles. The first-order valence-electron chi connectivity index (χ1n) is 16.6. The van der Waals surface area contributed by atoms with Gasteiger partial charge in [0.15, 0.2) is 16.8 Å². The van der Waals surface area contributed by atoms with Crippen molar-refractivity contribution in [3.63, 3.8) is 0 Å².